The predicted molar refractivity (Wildman–Crippen MR) is 77.5 cm³/mol. The van der Waals surface area contributed by atoms with Crippen LogP contribution < -0.4 is 5.32 Å². The van der Waals surface area contributed by atoms with Crippen molar-refractivity contribution in [2.45, 2.75) is 45.8 Å². The first-order valence-corrected chi connectivity index (χ1v) is 6.73. The van der Waals surface area contributed by atoms with Gasteiger partial charge in [0, 0.05) is 6.20 Å². The van der Waals surface area contributed by atoms with Gasteiger partial charge in [0.05, 0.1) is 17.3 Å². The number of amides is 1. The maximum Gasteiger partial charge on any atom is 0.408 e. The maximum absolute atomic E-state index is 13.4. The molecule has 0 spiro atoms. The molecule has 114 valence electrons. The molecule has 0 aliphatic heterocycles. The van der Waals surface area contributed by atoms with Crippen LogP contribution >= 0.6 is 0 Å². The lowest BCUT2D eigenvalue weighted by molar-refractivity contribution is 0.0466. The number of carbonyl (C=O) groups is 1. The lowest BCUT2D eigenvalue weighted by Crippen LogP contribution is -2.44. The third kappa shape index (κ3) is 3.51. The highest BCUT2D eigenvalue weighted by Gasteiger charge is 2.30. The summed E-state index contributed by atoms with van der Waals surface area (Å²) in [4.78, 5) is 16.2. The molecule has 0 aliphatic carbocycles. The molecule has 21 heavy (non-hydrogen) atoms. The van der Waals surface area contributed by atoms with Gasteiger partial charge in [-0.2, -0.15) is 0 Å². The van der Waals surface area contributed by atoms with E-state index >= 15 is 0 Å². The van der Waals surface area contributed by atoms with Gasteiger partial charge in [0.25, 0.3) is 0 Å². The summed E-state index contributed by atoms with van der Waals surface area (Å²) in [5, 5.41) is 2.76. The monoisotopic (exact) mass is 293 g/mol. The highest BCUT2D eigenvalue weighted by atomic mass is 19.1. The van der Waals surface area contributed by atoms with Gasteiger partial charge >= 0.3 is 6.09 Å². The number of ether oxygens (including phenoxy) is 1. The molecule has 6 heteroatoms. The van der Waals surface area contributed by atoms with Crippen LogP contribution in [0.5, 0.6) is 0 Å². The van der Waals surface area contributed by atoms with Gasteiger partial charge in [-0.25, -0.2) is 14.2 Å². The van der Waals surface area contributed by atoms with Crippen molar-refractivity contribution in [3.63, 3.8) is 0 Å². The van der Waals surface area contributed by atoms with Crippen molar-refractivity contribution in [3.05, 3.63) is 36.2 Å². The fraction of sp³-hybridized carbons (Fsp3) is 0.467. The van der Waals surface area contributed by atoms with Crippen LogP contribution in [0.4, 0.5) is 9.18 Å². The van der Waals surface area contributed by atoms with Crippen molar-refractivity contribution in [2.24, 2.45) is 0 Å². The fourth-order valence-corrected chi connectivity index (χ4v) is 2.04. The Labute approximate surface area is 123 Å². The molecule has 1 amide bonds. The largest absolute Gasteiger partial charge is 0.444 e. The number of nitrogens with zero attached hydrogens (tertiary/aromatic N) is 2. The Kier molecular flexibility index (Phi) is 3.65. The summed E-state index contributed by atoms with van der Waals surface area (Å²) in [5.74, 6) is 0.165. The zero-order valence-electron chi connectivity index (χ0n) is 12.9. The van der Waals surface area contributed by atoms with Crippen LogP contribution in [0.15, 0.2) is 24.5 Å². The molecule has 0 radical (unpaired) electrons. The highest BCUT2D eigenvalue weighted by molar-refractivity contribution is 5.69. The first kappa shape index (κ1) is 15.3. The van der Waals surface area contributed by atoms with Crippen molar-refractivity contribution in [2.75, 3.05) is 0 Å². The van der Waals surface area contributed by atoms with Crippen molar-refractivity contribution in [1.29, 1.82) is 0 Å². The molecule has 0 saturated heterocycles. The summed E-state index contributed by atoms with van der Waals surface area (Å²) in [5.41, 5.74) is -0.630. The molecule has 0 fully saturated rings. The molecule has 0 unspecified atom stereocenters. The van der Waals surface area contributed by atoms with Crippen molar-refractivity contribution >= 4 is 11.6 Å². The topological polar surface area (TPSA) is 55.6 Å². The molecule has 0 aliphatic rings. The molecular formula is C15H20FN3O2. The number of carbonyl (C=O) groups excluding carboxylic acids is 1. The SMILES string of the molecule is CC(C)(C)OC(=O)NC(C)(C)c1ncc2ccc(F)cn12. The third-order valence-corrected chi connectivity index (χ3v) is 2.86. The number of nitrogens with one attached hydrogen (secondary N) is 1. The molecule has 2 heterocycles. The van der Waals surface area contributed by atoms with Crippen molar-refractivity contribution in [3.8, 4) is 0 Å². The quantitative estimate of drug-likeness (QED) is 0.925. The molecule has 0 atom stereocenters. The van der Waals surface area contributed by atoms with Crippen LogP contribution in [0.2, 0.25) is 0 Å². The zero-order valence-corrected chi connectivity index (χ0v) is 12.9. The highest BCUT2D eigenvalue weighted by Crippen LogP contribution is 2.21. The number of hydrogen-bond acceptors (Lipinski definition) is 3. The average Bonchev–Trinajstić information content (AvgIpc) is 2.68. The minimum absolute atomic E-state index is 0.366. The Bertz CT molecular complexity index is 671. The van der Waals surface area contributed by atoms with Crippen LogP contribution in [0.1, 0.15) is 40.4 Å². The van der Waals surface area contributed by atoms with Gasteiger partial charge in [0.1, 0.15) is 17.2 Å². The maximum atomic E-state index is 13.4. The summed E-state index contributed by atoms with van der Waals surface area (Å²) < 4.78 is 20.3. The van der Waals surface area contributed by atoms with Crippen molar-refractivity contribution in [1.82, 2.24) is 14.7 Å². The first-order valence-electron chi connectivity index (χ1n) is 6.73. The van der Waals surface area contributed by atoms with Gasteiger partial charge in [-0.3, -0.25) is 4.40 Å². The van der Waals surface area contributed by atoms with Crippen LogP contribution in [-0.2, 0) is 10.3 Å². The normalized spacial score (nSPS) is 12.5. The van der Waals surface area contributed by atoms with Gasteiger partial charge < -0.3 is 10.1 Å². The zero-order chi connectivity index (χ0) is 15.8. The molecule has 2 aromatic heterocycles. The molecule has 2 aromatic rings. The number of fused-ring (bicyclic) bond motifs is 1. The molecule has 0 aromatic carbocycles. The van der Waals surface area contributed by atoms with E-state index in [0.29, 0.717) is 5.82 Å². The van der Waals surface area contributed by atoms with E-state index < -0.39 is 17.2 Å². The molecule has 0 saturated carbocycles. The van der Waals surface area contributed by atoms with E-state index in [4.69, 9.17) is 4.74 Å². The molecule has 0 bridgehead atoms. The Morgan fingerprint density at radius 2 is 1.95 bits per heavy atom. The van der Waals surface area contributed by atoms with E-state index in [0.717, 1.165) is 5.52 Å². The Hall–Kier alpha value is -2.11. The van der Waals surface area contributed by atoms with Gasteiger partial charge in [0.15, 0.2) is 0 Å². The van der Waals surface area contributed by atoms with Crippen molar-refractivity contribution < 1.29 is 13.9 Å². The number of rotatable bonds is 2. The van der Waals surface area contributed by atoms with Crippen LogP contribution in [-0.4, -0.2) is 21.1 Å². The standard InChI is InChI=1S/C15H20FN3O2/c1-14(2,3)21-13(20)18-15(4,5)12-17-8-11-7-6-10(16)9-19(11)12/h6-9H,1-5H3,(H,18,20). The lowest BCUT2D eigenvalue weighted by atomic mass is 10.1. The second-order valence-electron chi connectivity index (χ2n) is 6.48. The smallest absolute Gasteiger partial charge is 0.408 e. The Morgan fingerprint density at radius 1 is 1.29 bits per heavy atom. The van der Waals surface area contributed by atoms with Crippen LogP contribution in [0.25, 0.3) is 5.52 Å². The number of halogens is 1. The van der Waals surface area contributed by atoms with E-state index in [1.165, 1.54) is 12.3 Å². The average molecular weight is 293 g/mol. The lowest BCUT2D eigenvalue weighted by Gasteiger charge is -2.27. The second kappa shape index (κ2) is 5.02. The van der Waals surface area contributed by atoms with E-state index in [2.05, 4.69) is 10.3 Å². The summed E-state index contributed by atoms with van der Waals surface area (Å²) in [7, 11) is 0. The Morgan fingerprint density at radius 3 is 2.57 bits per heavy atom. The van der Waals surface area contributed by atoms with E-state index in [-0.39, 0.29) is 5.82 Å². The predicted octanol–water partition coefficient (Wildman–Crippen LogP) is 3.23. The summed E-state index contributed by atoms with van der Waals surface area (Å²) in [6.45, 7) is 8.95. The second-order valence-corrected chi connectivity index (χ2v) is 6.48. The van der Waals surface area contributed by atoms with E-state index in [9.17, 15) is 9.18 Å². The summed E-state index contributed by atoms with van der Waals surface area (Å²) in [6.07, 6.45) is 2.43. The molecule has 2 rings (SSSR count). The molecule has 5 nitrogen and oxygen atoms in total. The Balaban J connectivity index is 2.29. The van der Waals surface area contributed by atoms with Crippen LogP contribution in [0.3, 0.4) is 0 Å². The van der Waals surface area contributed by atoms with Gasteiger partial charge in [0.2, 0.25) is 0 Å². The number of pyridine rings is 1. The number of imidazole rings is 1. The fourth-order valence-electron chi connectivity index (χ4n) is 2.04. The van der Waals surface area contributed by atoms with E-state index in [1.807, 2.05) is 0 Å². The van der Waals surface area contributed by atoms with Gasteiger partial charge in [-0.05, 0) is 46.8 Å². The van der Waals surface area contributed by atoms with Gasteiger partial charge in [-0.1, -0.05) is 0 Å². The van der Waals surface area contributed by atoms with Gasteiger partial charge in [-0.15, -0.1) is 0 Å². The third-order valence-electron chi connectivity index (χ3n) is 2.86. The minimum atomic E-state index is -0.803. The molecular weight excluding hydrogens is 273 g/mol. The minimum Gasteiger partial charge on any atom is -0.444 e. The number of aromatic nitrogens is 2. The summed E-state index contributed by atoms with van der Waals surface area (Å²) in [6, 6.07) is 3.00. The molecule has 1 N–H and O–H groups in total. The number of alkyl carbamates (subject to hydrolysis) is 1. The summed E-state index contributed by atoms with van der Waals surface area (Å²) >= 11 is 0. The van der Waals surface area contributed by atoms with E-state index in [1.54, 1.807) is 51.3 Å². The number of hydrogen-bond donors (Lipinski definition) is 1. The first-order chi connectivity index (χ1) is 9.58. The van der Waals surface area contributed by atoms with Crippen LogP contribution in [0, 0.1) is 5.82 Å².